The Bertz CT molecular complexity index is 638. The third-order valence-electron chi connectivity index (χ3n) is 2.85. The molecule has 0 bridgehead atoms. The highest BCUT2D eigenvalue weighted by Gasteiger charge is 2.12. The largest absolute Gasteiger partial charge is 0.504 e. The molecule has 0 amide bonds. The molecule has 2 heteroatoms. The molecule has 0 saturated heterocycles. The van der Waals surface area contributed by atoms with Crippen LogP contribution in [0.1, 0.15) is 11.3 Å². The van der Waals surface area contributed by atoms with Crippen LogP contribution in [0, 0.1) is 0 Å². The van der Waals surface area contributed by atoms with Crippen molar-refractivity contribution in [3.63, 3.8) is 0 Å². The number of fused-ring (bicyclic) bond motifs is 1. The van der Waals surface area contributed by atoms with Gasteiger partial charge < -0.3 is 9.52 Å². The smallest absolute Gasteiger partial charge is 0.165 e. The summed E-state index contributed by atoms with van der Waals surface area (Å²) in [6.45, 7) is 0. The van der Waals surface area contributed by atoms with E-state index in [9.17, 15) is 5.11 Å². The Labute approximate surface area is 99.1 Å². The van der Waals surface area contributed by atoms with Crippen molar-refractivity contribution in [1.82, 2.24) is 0 Å². The molecule has 0 atom stereocenters. The van der Waals surface area contributed by atoms with Crippen LogP contribution in [0.15, 0.2) is 59.0 Å². The standard InChI is InChI=1S/C15H12O2/c16-15-12-8-4-5-9-13(12)17-14(15)10-11-6-2-1-3-7-11/h1-9,16H,10H2. The van der Waals surface area contributed by atoms with E-state index in [1.807, 2.05) is 54.6 Å². The van der Waals surface area contributed by atoms with Crippen LogP contribution in [-0.4, -0.2) is 5.11 Å². The highest BCUT2D eigenvalue weighted by molar-refractivity contribution is 5.85. The first-order valence-corrected chi connectivity index (χ1v) is 5.58. The number of benzene rings is 2. The predicted octanol–water partition coefficient (Wildman–Crippen LogP) is 3.73. The van der Waals surface area contributed by atoms with E-state index in [1.165, 1.54) is 0 Å². The lowest BCUT2D eigenvalue weighted by Crippen LogP contribution is -1.84. The van der Waals surface area contributed by atoms with Crippen LogP contribution in [-0.2, 0) is 6.42 Å². The molecule has 3 aromatic rings. The monoisotopic (exact) mass is 224 g/mol. The van der Waals surface area contributed by atoms with Crippen LogP contribution in [0.5, 0.6) is 5.75 Å². The quantitative estimate of drug-likeness (QED) is 0.719. The average Bonchev–Trinajstić information content (AvgIpc) is 2.68. The lowest BCUT2D eigenvalue weighted by atomic mass is 10.1. The Kier molecular flexibility index (Phi) is 2.33. The van der Waals surface area contributed by atoms with Gasteiger partial charge in [-0.15, -0.1) is 0 Å². The maximum absolute atomic E-state index is 10.1. The van der Waals surface area contributed by atoms with Crippen LogP contribution in [0.3, 0.4) is 0 Å². The molecule has 2 aromatic carbocycles. The third kappa shape index (κ3) is 1.78. The lowest BCUT2D eigenvalue weighted by molar-refractivity contribution is 0.445. The number of hydrogen-bond acceptors (Lipinski definition) is 2. The fraction of sp³-hybridized carbons (Fsp3) is 0.0667. The minimum atomic E-state index is 0.254. The van der Waals surface area contributed by atoms with Crippen molar-refractivity contribution in [2.75, 3.05) is 0 Å². The average molecular weight is 224 g/mol. The van der Waals surface area contributed by atoms with E-state index >= 15 is 0 Å². The molecule has 1 heterocycles. The second-order valence-electron chi connectivity index (χ2n) is 4.03. The van der Waals surface area contributed by atoms with Crippen LogP contribution < -0.4 is 0 Å². The molecule has 84 valence electrons. The van der Waals surface area contributed by atoms with Crippen LogP contribution in [0.4, 0.5) is 0 Å². The summed E-state index contributed by atoms with van der Waals surface area (Å²) < 4.78 is 5.65. The van der Waals surface area contributed by atoms with Crippen molar-refractivity contribution >= 4 is 11.0 Å². The van der Waals surface area contributed by atoms with E-state index in [-0.39, 0.29) is 5.75 Å². The first-order chi connectivity index (χ1) is 8.34. The minimum absolute atomic E-state index is 0.254. The van der Waals surface area contributed by atoms with Crippen molar-refractivity contribution in [1.29, 1.82) is 0 Å². The molecule has 0 fully saturated rings. The molecule has 1 aromatic heterocycles. The Balaban J connectivity index is 2.04. The first kappa shape index (κ1) is 9.97. The zero-order valence-electron chi connectivity index (χ0n) is 9.26. The molecular formula is C15H12O2. The summed E-state index contributed by atoms with van der Waals surface area (Å²) in [7, 11) is 0. The van der Waals surface area contributed by atoms with Gasteiger partial charge in [-0.05, 0) is 17.7 Å². The van der Waals surface area contributed by atoms with Crippen molar-refractivity contribution < 1.29 is 9.52 Å². The van der Waals surface area contributed by atoms with E-state index in [1.54, 1.807) is 0 Å². The number of furan rings is 1. The molecule has 0 saturated carbocycles. The van der Waals surface area contributed by atoms with E-state index in [4.69, 9.17) is 4.42 Å². The van der Waals surface area contributed by atoms with Gasteiger partial charge in [-0.3, -0.25) is 0 Å². The molecule has 0 spiro atoms. The summed E-state index contributed by atoms with van der Waals surface area (Å²) in [6.07, 6.45) is 0.612. The zero-order valence-corrected chi connectivity index (χ0v) is 9.26. The summed E-state index contributed by atoms with van der Waals surface area (Å²) in [5.41, 5.74) is 1.86. The number of aromatic hydroxyl groups is 1. The van der Waals surface area contributed by atoms with Gasteiger partial charge in [0.05, 0.1) is 5.39 Å². The number of para-hydroxylation sites is 1. The van der Waals surface area contributed by atoms with Gasteiger partial charge in [-0.25, -0.2) is 0 Å². The van der Waals surface area contributed by atoms with Gasteiger partial charge in [0.25, 0.3) is 0 Å². The van der Waals surface area contributed by atoms with E-state index in [0.717, 1.165) is 16.5 Å². The molecule has 0 aliphatic heterocycles. The Hall–Kier alpha value is -2.22. The summed E-state index contributed by atoms with van der Waals surface area (Å²) in [5.74, 6) is 0.877. The normalized spacial score (nSPS) is 10.8. The van der Waals surface area contributed by atoms with Gasteiger partial charge in [0, 0.05) is 6.42 Å². The maximum Gasteiger partial charge on any atom is 0.165 e. The second-order valence-corrected chi connectivity index (χ2v) is 4.03. The fourth-order valence-electron chi connectivity index (χ4n) is 1.98. The highest BCUT2D eigenvalue weighted by Crippen LogP contribution is 2.32. The summed E-state index contributed by atoms with van der Waals surface area (Å²) in [6, 6.07) is 17.5. The van der Waals surface area contributed by atoms with Crippen molar-refractivity contribution in [3.8, 4) is 5.75 Å². The molecule has 0 aliphatic carbocycles. The van der Waals surface area contributed by atoms with Gasteiger partial charge >= 0.3 is 0 Å². The fourth-order valence-corrected chi connectivity index (χ4v) is 1.98. The van der Waals surface area contributed by atoms with Crippen molar-refractivity contribution in [2.45, 2.75) is 6.42 Å². The number of hydrogen-bond donors (Lipinski definition) is 1. The number of rotatable bonds is 2. The van der Waals surface area contributed by atoms with E-state index in [2.05, 4.69) is 0 Å². The molecule has 1 N–H and O–H groups in total. The summed E-state index contributed by atoms with van der Waals surface area (Å²) >= 11 is 0. The molecule has 0 aliphatic rings. The third-order valence-corrected chi connectivity index (χ3v) is 2.85. The van der Waals surface area contributed by atoms with Crippen LogP contribution >= 0.6 is 0 Å². The predicted molar refractivity (Wildman–Crippen MR) is 67.1 cm³/mol. The first-order valence-electron chi connectivity index (χ1n) is 5.58. The highest BCUT2D eigenvalue weighted by atomic mass is 16.4. The Morgan fingerprint density at radius 3 is 2.35 bits per heavy atom. The van der Waals surface area contributed by atoms with Crippen molar-refractivity contribution in [3.05, 3.63) is 65.9 Å². The Morgan fingerprint density at radius 1 is 0.882 bits per heavy atom. The molecule has 0 radical (unpaired) electrons. The van der Waals surface area contributed by atoms with E-state index in [0.29, 0.717) is 12.2 Å². The SMILES string of the molecule is Oc1c(Cc2ccccc2)oc2ccccc12. The minimum Gasteiger partial charge on any atom is -0.504 e. The molecule has 3 rings (SSSR count). The molecule has 0 unspecified atom stereocenters. The van der Waals surface area contributed by atoms with Crippen molar-refractivity contribution in [2.24, 2.45) is 0 Å². The van der Waals surface area contributed by atoms with E-state index < -0.39 is 0 Å². The van der Waals surface area contributed by atoms with Gasteiger partial charge in [0.2, 0.25) is 0 Å². The maximum atomic E-state index is 10.1. The van der Waals surface area contributed by atoms with Crippen LogP contribution in [0.25, 0.3) is 11.0 Å². The van der Waals surface area contributed by atoms with Gasteiger partial charge in [-0.1, -0.05) is 42.5 Å². The van der Waals surface area contributed by atoms with Crippen LogP contribution in [0.2, 0.25) is 0 Å². The summed E-state index contributed by atoms with van der Waals surface area (Å²) in [4.78, 5) is 0. The summed E-state index contributed by atoms with van der Waals surface area (Å²) in [5, 5.41) is 10.8. The lowest BCUT2D eigenvalue weighted by Gasteiger charge is -1.97. The molecule has 2 nitrogen and oxygen atoms in total. The topological polar surface area (TPSA) is 33.4 Å². The molecular weight excluding hydrogens is 212 g/mol. The van der Waals surface area contributed by atoms with Gasteiger partial charge in [-0.2, -0.15) is 0 Å². The second kappa shape index (κ2) is 3.98. The zero-order chi connectivity index (χ0) is 11.7. The van der Waals surface area contributed by atoms with Gasteiger partial charge in [0.15, 0.2) is 11.5 Å². The molecule has 17 heavy (non-hydrogen) atoms. The Morgan fingerprint density at radius 2 is 1.59 bits per heavy atom. The van der Waals surface area contributed by atoms with Gasteiger partial charge in [0.1, 0.15) is 5.58 Å².